The van der Waals surface area contributed by atoms with Gasteiger partial charge in [0.15, 0.2) is 0 Å². The van der Waals surface area contributed by atoms with Gasteiger partial charge >= 0.3 is 11.8 Å². The van der Waals surface area contributed by atoms with Gasteiger partial charge < -0.3 is 15.1 Å². The number of benzene rings is 1. The van der Waals surface area contributed by atoms with E-state index in [2.05, 4.69) is 10.2 Å². The number of nitrogens with zero attached hydrogens (tertiary/aromatic N) is 2. The van der Waals surface area contributed by atoms with Crippen LogP contribution < -0.4 is 5.32 Å². The van der Waals surface area contributed by atoms with Crippen molar-refractivity contribution < 1.29 is 9.59 Å². The molecule has 2 rings (SSSR count). The summed E-state index contributed by atoms with van der Waals surface area (Å²) in [6, 6.07) is 5.77. The average molecular weight is 275 g/mol. The molecular formula is C15H21N3O2. The first-order valence-electron chi connectivity index (χ1n) is 6.84. The average Bonchev–Trinajstić information content (AvgIpc) is 2.43. The SMILES string of the molecule is Cc1cccc(C)c1NC(=O)C(=O)N1CCN(C)CC1. The number of carbonyl (C=O) groups is 2. The summed E-state index contributed by atoms with van der Waals surface area (Å²) in [7, 11) is 2.01. The highest BCUT2D eigenvalue weighted by molar-refractivity contribution is 6.39. The van der Waals surface area contributed by atoms with Gasteiger partial charge in [-0.25, -0.2) is 0 Å². The predicted molar refractivity (Wildman–Crippen MR) is 78.6 cm³/mol. The van der Waals surface area contributed by atoms with Crippen molar-refractivity contribution in [1.29, 1.82) is 0 Å². The molecule has 1 heterocycles. The Balaban J connectivity index is 2.03. The summed E-state index contributed by atoms with van der Waals surface area (Å²) in [5.41, 5.74) is 2.66. The molecule has 0 atom stereocenters. The zero-order valence-electron chi connectivity index (χ0n) is 12.3. The van der Waals surface area contributed by atoms with Crippen molar-refractivity contribution >= 4 is 17.5 Å². The van der Waals surface area contributed by atoms with E-state index in [1.807, 2.05) is 39.1 Å². The van der Waals surface area contributed by atoms with Gasteiger partial charge in [-0.15, -0.1) is 0 Å². The molecule has 0 aromatic heterocycles. The van der Waals surface area contributed by atoms with Crippen molar-refractivity contribution in [1.82, 2.24) is 9.80 Å². The first kappa shape index (κ1) is 14.5. The smallest absolute Gasteiger partial charge is 0.313 e. The number of piperazine rings is 1. The minimum Gasteiger partial charge on any atom is -0.332 e. The Morgan fingerprint density at radius 3 is 2.15 bits per heavy atom. The number of aryl methyl sites for hydroxylation is 2. The molecule has 0 bridgehead atoms. The second kappa shape index (κ2) is 6.05. The number of anilines is 1. The first-order valence-corrected chi connectivity index (χ1v) is 6.84. The third-order valence-electron chi connectivity index (χ3n) is 3.70. The number of amides is 2. The number of carbonyl (C=O) groups excluding carboxylic acids is 2. The molecule has 1 saturated heterocycles. The number of hydrogen-bond donors (Lipinski definition) is 1. The Morgan fingerprint density at radius 2 is 1.60 bits per heavy atom. The summed E-state index contributed by atoms with van der Waals surface area (Å²) >= 11 is 0. The van der Waals surface area contributed by atoms with E-state index in [4.69, 9.17) is 0 Å². The summed E-state index contributed by atoms with van der Waals surface area (Å²) in [6.45, 7) is 6.67. The standard InChI is InChI=1S/C15H21N3O2/c1-11-5-4-6-12(2)13(11)16-14(19)15(20)18-9-7-17(3)8-10-18/h4-6H,7-10H2,1-3H3,(H,16,19). The van der Waals surface area contributed by atoms with E-state index < -0.39 is 11.8 Å². The summed E-state index contributed by atoms with van der Waals surface area (Å²) < 4.78 is 0. The largest absolute Gasteiger partial charge is 0.332 e. The van der Waals surface area contributed by atoms with Gasteiger partial charge in [-0.1, -0.05) is 18.2 Å². The van der Waals surface area contributed by atoms with Gasteiger partial charge in [0, 0.05) is 31.9 Å². The summed E-state index contributed by atoms with van der Waals surface area (Å²) in [4.78, 5) is 28.0. The highest BCUT2D eigenvalue weighted by Crippen LogP contribution is 2.19. The maximum absolute atomic E-state index is 12.1. The van der Waals surface area contributed by atoms with Crippen molar-refractivity contribution in [3.05, 3.63) is 29.3 Å². The van der Waals surface area contributed by atoms with Crippen LogP contribution in [0, 0.1) is 13.8 Å². The quantitative estimate of drug-likeness (QED) is 0.778. The number of para-hydroxylation sites is 1. The normalized spacial score (nSPS) is 16.1. The molecule has 0 radical (unpaired) electrons. The van der Waals surface area contributed by atoms with Gasteiger partial charge in [0.05, 0.1) is 0 Å². The van der Waals surface area contributed by atoms with Crippen LogP contribution in [0.2, 0.25) is 0 Å². The van der Waals surface area contributed by atoms with E-state index in [0.29, 0.717) is 13.1 Å². The molecule has 1 aromatic carbocycles. The van der Waals surface area contributed by atoms with Crippen LogP contribution >= 0.6 is 0 Å². The molecule has 2 amide bonds. The number of likely N-dealkylation sites (N-methyl/N-ethyl adjacent to an activating group) is 1. The van der Waals surface area contributed by atoms with Gasteiger partial charge in [-0.3, -0.25) is 9.59 Å². The first-order chi connectivity index (χ1) is 9.49. The van der Waals surface area contributed by atoms with Crippen LogP contribution in [0.4, 0.5) is 5.69 Å². The Hall–Kier alpha value is -1.88. The topological polar surface area (TPSA) is 52.7 Å². The Bertz CT molecular complexity index is 500. The molecular weight excluding hydrogens is 254 g/mol. The Kier molecular flexibility index (Phi) is 4.39. The molecule has 108 valence electrons. The van der Waals surface area contributed by atoms with Gasteiger partial charge in [-0.2, -0.15) is 0 Å². The number of nitrogens with one attached hydrogen (secondary N) is 1. The van der Waals surface area contributed by atoms with Crippen LogP contribution in [0.3, 0.4) is 0 Å². The minimum atomic E-state index is -0.549. The fraction of sp³-hybridized carbons (Fsp3) is 0.467. The van der Waals surface area contributed by atoms with Gasteiger partial charge in [0.25, 0.3) is 0 Å². The highest BCUT2D eigenvalue weighted by atomic mass is 16.2. The van der Waals surface area contributed by atoms with Gasteiger partial charge in [0.2, 0.25) is 0 Å². The molecule has 5 heteroatoms. The van der Waals surface area contributed by atoms with E-state index in [1.165, 1.54) is 0 Å². The van der Waals surface area contributed by atoms with E-state index >= 15 is 0 Å². The predicted octanol–water partition coefficient (Wildman–Crippen LogP) is 1.02. The van der Waals surface area contributed by atoms with E-state index in [-0.39, 0.29) is 0 Å². The number of hydrogen-bond acceptors (Lipinski definition) is 3. The van der Waals surface area contributed by atoms with Gasteiger partial charge in [0.1, 0.15) is 0 Å². The third-order valence-corrected chi connectivity index (χ3v) is 3.70. The Morgan fingerprint density at radius 1 is 1.05 bits per heavy atom. The monoisotopic (exact) mass is 275 g/mol. The van der Waals surface area contributed by atoms with Crippen molar-refractivity contribution in [3.63, 3.8) is 0 Å². The lowest BCUT2D eigenvalue weighted by Gasteiger charge is -2.31. The molecule has 1 N–H and O–H groups in total. The second-order valence-electron chi connectivity index (χ2n) is 5.32. The lowest BCUT2D eigenvalue weighted by Crippen LogP contribution is -2.50. The Labute approximate surface area is 119 Å². The lowest BCUT2D eigenvalue weighted by molar-refractivity contribution is -0.144. The van der Waals surface area contributed by atoms with Crippen LogP contribution in [0.15, 0.2) is 18.2 Å². The van der Waals surface area contributed by atoms with Crippen LogP contribution in [-0.2, 0) is 9.59 Å². The summed E-state index contributed by atoms with van der Waals surface area (Å²) in [5.74, 6) is -0.993. The molecule has 0 unspecified atom stereocenters. The van der Waals surface area contributed by atoms with Crippen molar-refractivity contribution in [2.75, 3.05) is 38.5 Å². The molecule has 0 saturated carbocycles. The molecule has 5 nitrogen and oxygen atoms in total. The second-order valence-corrected chi connectivity index (χ2v) is 5.32. The van der Waals surface area contributed by atoms with Crippen LogP contribution in [0.25, 0.3) is 0 Å². The van der Waals surface area contributed by atoms with Crippen molar-refractivity contribution in [3.8, 4) is 0 Å². The third kappa shape index (κ3) is 3.17. The minimum absolute atomic E-state index is 0.444. The maximum Gasteiger partial charge on any atom is 0.313 e. The van der Waals surface area contributed by atoms with E-state index in [9.17, 15) is 9.59 Å². The van der Waals surface area contributed by atoms with Crippen LogP contribution in [-0.4, -0.2) is 54.8 Å². The summed E-state index contributed by atoms with van der Waals surface area (Å²) in [6.07, 6.45) is 0. The maximum atomic E-state index is 12.1. The zero-order chi connectivity index (χ0) is 14.7. The van der Waals surface area contributed by atoms with Gasteiger partial charge in [-0.05, 0) is 32.0 Å². The fourth-order valence-corrected chi connectivity index (χ4v) is 2.33. The molecule has 1 aromatic rings. The molecule has 1 fully saturated rings. The van der Waals surface area contributed by atoms with Crippen LogP contribution in [0.5, 0.6) is 0 Å². The zero-order valence-corrected chi connectivity index (χ0v) is 12.3. The summed E-state index contributed by atoms with van der Waals surface area (Å²) in [5, 5.41) is 2.74. The highest BCUT2D eigenvalue weighted by Gasteiger charge is 2.25. The molecule has 0 spiro atoms. The van der Waals surface area contributed by atoms with Crippen molar-refractivity contribution in [2.24, 2.45) is 0 Å². The molecule has 1 aliphatic heterocycles. The molecule has 1 aliphatic rings. The lowest BCUT2D eigenvalue weighted by atomic mass is 10.1. The number of rotatable bonds is 1. The van der Waals surface area contributed by atoms with Crippen molar-refractivity contribution in [2.45, 2.75) is 13.8 Å². The van der Waals surface area contributed by atoms with E-state index in [1.54, 1.807) is 4.90 Å². The molecule has 20 heavy (non-hydrogen) atoms. The molecule has 0 aliphatic carbocycles. The fourth-order valence-electron chi connectivity index (χ4n) is 2.33. The van der Waals surface area contributed by atoms with Crippen LogP contribution in [0.1, 0.15) is 11.1 Å². The van der Waals surface area contributed by atoms with E-state index in [0.717, 1.165) is 29.9 Å².